The van der Waals surface area contributed by atoms with Gasteiger partial charge in [-0.25, -0.2) is 9.97 Å². The van der Waals surface area contributed by atoms with E-state index in [4.69, 9.17) is 4.74 Å². The summed E-state index contributed by atoms with van der Waals surface area (Å²) in [5, 5.41) is 0. The molecule has 0 amide bonds. The molecule has 29 heavy (non-hydrogen) atoms. The van der Waals surface area contributed by atoms with Crippen molar-refractivity contribution in [2.45, 2.75) is 104 Å². The van der Waals surface area contributed by atoms with Crippen LogP contribution < -0.4 is 0 Å². The van der Waals surface area contributed by atoms with E-state index in [9.17, 15) is 0 Å². The van der Waals surface area contributed by atoms with Crippen molar-refractivity contribution in [2.24, 2.45) is 11.8 Å². The second kappa shape index (κ2) is 13.6. The van der Waals surface area contributed by atoms with Gasteiger partial charge < -0.3 is 14.7 Å². The summed E-state index contributed by atoms with van der Waals surface area (Å²) in [6, 6.07) is 0. The number of hydrogen-bond donors (Lipinski definition) is 2. The van der Waals surface area contributed by atoms with Gasteiger partial charge in [0.1, 0.15) is 0 Å². The third-order valence-electron chi connectivity index (χ3n) is 5.54. The molecule has 2 aromatic heterocycles. The minimum absolute atomic E-state index is 0.360. The van der Waals surface area contributed by atoms with Gasteiger partial charge in [0.05, 0.1) is 36.3 Å². The first-order valence-corrected chi connectivity index (χ1v) is 11.6. The molecular weight excluding hydrogens is 360 g/mol. The predicted molar refractivity (Wildman–Crippen MR) is 120 cm³/mol. The molecule has 0 fully saturated rings. The highest BCUT2D eigenvalue weighted by molar-refractivity contribution is 4.94. The third-order valence-corrected chi connectivity index (χ3v) is 5.54. The summed E-state index contributed by atoms with van der Waals surface area (Å²) in [5.41, 5.74) is 2.31. The number of ether oxygens (including phenoxy) is 1. The van der Waals surface area contributed by atoms with Crippen molar-refractivity contribution in [1.82, 2.24) is 19.9 Å². The van der Waals surface area contributed by atoms with Gasteiger partial charge in [0.2, 0.25) is 0 Å². The highest BCUT2D eigenvalue weighted by Gasteiger charge is 2.18. The van der Waals surface area contributed by atoms with Crippen LogP contribution in [-0.4, -0.2) is 32.1 Å². The van der Waals surface area contributed by atoms with Gasteiger partial charge in [-0.3, -0.25) is 0 Å². The quantitative estimate of drug-likeness (QED) is 0.356. The van der Waals surface area contributed by atoms with Crippen LogP contribution in [-0.2, 0) is 17.6 Å². The largest absolute Gasteiger partial charge is 0.375 e. The Morgan fingerprint density at radius 2 is 1.14 bits per heavy atom. The maximum absolute atomic E-state index is 6.73. The molecule has 2 rings (SSSR count). The van der Waals surface area contributed by atoms with Crippen LogP contribution in [0.4, 0.5) is 0 Å². The Morgan fingerprint density at radius 3 is 1.48 bits per heavy atom. The zero-order valence-corrected chi connectivity index (χ0v) is 19.0. The first-order chi connectivity index (χ1) is 14.0. The second-order valence-electron chi connectivity index (χ2n) is 9.23. The lowest BCUT2D eigenvalue weighted by Gasteiger charge is -2.26. The van der Waals surface area contributed by atoms with E-state index in [0.29, 0.717) is 12.2 Å². The van der Waals surface area contributed by atoms with E-state index in [1.165, 1.54) is 12.8 Å². The van der Waals surface area contributed by atoms with Crippen LogP contribution in [0.1, 0.15) is 90.4 Å². The highest BCUT2D eigenvalue weighted by Crippen LogP contribution is 2.22. The Bertz CT molecular complexity index is 553. The average Bonchev–Trinajstić information content (AvgIpc) is 3.37. The van der Waals surface area contributed by atoms with Gasteiger partial charge in [-0.05, 0) is 76.0 Å². The summed E-state index contributed by atoms with van der Waals surface area (Å²) in [6.07, 6.45) is 19.6. The molecule has 0 bridgehead atoms. The molecule has 0 aliphatic heterocycles. The molecule has 5 heteroatoms. The van der Waals surface area contributed by atoms with Gasteiger partial charge in [-0.1, -0.05) is 27.7 Å². The molecule has 0 aromatic carbocycles. The lowest BCUT2D eigenvalue weighted by molar-refractivity contribution is -0.0339. The summed E-state index contributed by atoms with van der Waals surface area (Å²) in [7, 11) is 0. The van der Waals surface area contributed by atoms with Gasteiger partial charge >= 0.3 is 0 Å². The van der Waals surface area contributed by atoms with Crippen LogP contribution in [0.5, 0.6) is 0 Å². The number of imidazole rings is 2. The van der Waals surface area contributed by atoms with Gasteiger partial charge in [0, 0.05) is 12.4 Å². The zero-order valence-electron chi connectivity index (χ0n) is 19.0. The first kappa shape index (κ1) is 23.7. The van der Waals surface area contributed by atoms with Crippen molar-refractivity contribution < 1.29 is 4.74 Å². The van der Waals surface area contributed by atoms with Crippen LogP contribution in [0, 0.1) is 11.8 Å². The molecule has 164 valence electrons. The zero-order chi connectivity index (χ0) is 20.9. The minimum atomic E-state index is 0.360. The Labute approximate surface area is 177 Å². The van der Waals surface area contributed by atoms with Crippen molar-refractivity contribution >= 4 is 0 Å². The predicted octanol–water partition coefficient (Wildman–Crippen LogP) is 6.10. The number of aryl methyl sites for hydroxylation is 2. The molecule has 0 saturated heterocycles. The molecule has 0 aliphatic rings. The lowest BCUT2D eigenvalue weighted by Crippen LogP contribution is -2.24. The fourth-order valence-corrected chi connectivity index (χ4v) is 3.75. The molecule has 0 radical (unpaired) electrons. The molecule has 0 aliphatic carbocycles. The molecule has 2 heterocycles. The van der Waals surface area contributed by atoms with E-state index in [-0.39, 0.29) is 0 Å². The van der Waals surface area contributed by atoms with Crippen LogP contribution in [0.3, 0.4) is 0 Å². The van der Waals surface area contributed by atoms with E-state index >= 15 is 0 Å². The van der Waals surface area contributed by atoms with Gasteiger partial charge in [0.15, 0.2) is 0 Å². The maximum atomic E-state index is 6.73. The molecular formula is C24H42N4O. The third kappa shape index (κ3) is 10.6. The summed E-state index contributed by atoms with van der Waals surface area (Å²) < 4.78 is 6.73. The number of H-pyrrole nitrogens is 2. The van der Waals surface area contributed by atoms with Gasteiger partial charge in [0.25, 0.3) is 0 Å². The number of nitrogens with one attached hydrogen (secondary N) is 2. The molecule has 0 saturated carbocycles. The molecule has 2 unspecified atom stereocenters. The van der Waals surface area contributed by atoms with Crippen LogP contribution >= 0.6 is 0 Å². The Hall–Kier alpha value is -1.62. The Kier molecular flexibility index (Phi) is 11.1. The smallest absolute Gasteiger partial charge is 0.0923 e. The summed E-state index contributed by atoms with van der Waals surface area (Å²) in [4.78, 5) is 14.8. The standard InChI is InChI=1S/C24H42N4O/c1-19(2)11-13-23(9-5-7-21-15-25-17-27-21)29-24(14-12-20(3)4)10-6-8-22-16-26-18-28-22/h15-20,23-24H,5-14H2,1-4H3,(H,25,27)(H,26,28). The Balaban J connectivity index is 1.85. The Morgan fingerprint density at radius 1 is 0.690 bits per heavy atom. The van der Waals surface area contributed by atoms with E-state index in [0.717, 1.165) is 74.6 Å². The molecule has 2 atom stereocenters. The molecule has 2 aromatic rings. The fraction of sp³-hybridized carbons (Fsp3) is 0.750. The number of rotatable bonds is 16. The van der Waals surface area contributed by atoms with E-state index < -0.39 is 0 Å². The van der Waals surface area contributed by atoms with E-state index in [1.807, 2.05) is 12.4 Å². The topological polar surface area (TPSA) is 66.6 Å². The van der Waals surface area contributed by atoms with Crippen molar-refractivity contribution in [3.8, 4) is 0 Å². The second-order valence-corrected chi connectivity index (χ2v) is 9.23. The minimum Gasteiger partial charge on any atom is -0.375 e. The van der Waals surface area contributed by atoms with Crippen molar-refractivity contribution in [3.05, 3.63) is 36.4 Å². The molecule has 0 spiro atoms. The average molecular weight is 403 g/mol. The summed E-state index contributed by atoms with van der Waals surface area (Å²) in [6.45, 7) is 9.23. The fourth-order valence-electron chi connectivity index (χ4n) is 3.75. The van der Waals surface area contributed by atoms with E-state index in [1.54, 1.807) is 12.7 Å². The molecule has 5 nitrogen and oxygen atoms in total. The highest BCUT2D eigenvalue weighted by atomic mass is 16.5. The van der Waals surface area contributed by atoms with Crippen molar-refractivity contribution in [1.29, 1.82) is 0 Å². The summed E-state index contributed by atoms with van der Waals surface area (Å²) in [5.74, 6) is 1.45. The molecule has 2 N–H and O–H groups in total. The van der Waals surface area contributed by atoms with Crippen LogP contribution in [0.25, 0.3) is 0 Å². The van der Waals surface area contributed by atoms with Gasteiger partial charge in [-0.2, -0.15) is 0 Å². The monoisotopic (exact) mass is 402 g/mol. The summed E-state index contributed by atoms with van der Waals surface area (Å²) >= 11 is 0. The maximum Gasteiger partial charge on any atom is 0.0923 e. The van der Waals surface area contributed by atoms with E-state index in [2.05, 4.69) is 47.6 Å². The normalized spacial score (nSPS) is 14.0. The number of aromatic nitrogens is 4. The van der Waals surface area contributed by atoms with Gasteiger partial charge in [-0.15, -0.1) is 0 Å². The lowest BCUT2D eigenvalue weighted by atomic mass is 9.98. The van der Waals surface area contributed by atoms with Crippen LogP contribution in [0.2, 0.25) is 0 Å². The van der Waals surface area contributed by atoms with Crippen molar-refractivity contribution in [2.75, 3.05) is 0 Å². The SMILES string of the molecule is CC(C)CCC(CCCc1c[nH]cn1)OC(CCCc1c[nH]cn1)CCC(C)C. The number of hydrogen-bond acceptors (Lipinski definition) is 3. The van der Waals surface area contributed by atoms with Crippen molar-refractivity contribution in [3.63, 3.8) is 0 Å². The number of aromatic amines is 2. The number of nitrogens with zero attached hydrogens (tertiary/aromatic N) is 2. The first-order valence-electron chi connectivity index (χ1n) is 11.6. The van der Waals surface area contributed by atoms with Crippen LogP contribution in [0.15, 0.2) is 25.0 Å².